The Hall–Kier alpha value is -2.34. The van der Waals surface area contributed by atoms with Gasteiger partial charge in [-0.15, -0.1) is 0 Å². The van der Waals surface area contributed by atoms with Crippen LogP contribution in [0.15, 0.2) is 42.7 Å². The highest BCUT2D eigenvalue weighted by molar-refractivity contribution is 5.80. The molecule has 1 N–H and O–H groups in total. The van der Waals surface area contributed by atoms with E-state index in [1.54, 1.807) is 12.4 Å². The zero-order valence-corrected chi connectivity index (χ0v) is 14.1. The fourth-order valence-corrected chi connectivity index (χ4v) is 3.56. The molecule has 2 aliphatic heterocycles. The third-order valence-electron chi connectivity index (χ3n) is 4.93. The molecule has 1 amide bonds. The van der Waals surface area contributed by atoms with E-state index in [0.29, 0.717) is 19.1 Å². The zero-order valence-electron chi connectivity index (χ0n) is 14.1. The van der Waals surface area contributed by atoms with E-state index in [0.717, 1.165) is 37.5 Å². The maximum Gasteiger partial charge on any atom is 0.228 e. The molecule has 0 bridgehead atoms. The molecule has 0 radical (unpaired) electrons. The quantitative estimate of drug-likeness (QED) is 0.907. The van der Waals surface area contributed by atoms with Gasteiger partial charge in [0, 0.05) is 38.0 Å². The smallest absolute Gasteiger partial charge is 0.228 e. The molecule has 4 rings (SSSR count). The number of likely N-dealkylation sites (tertiary alicyclic amines) is 1. The number of rotatable bonds is 5. The molecule has 132 valence electrons. The van der Waals surface area contributed by atoms with Gasteiger partial charge in [0.25, 0.3) is 0 Å². The molecule has 3 heterocycles. The van der Waals surface area contributed by atoms with Crippen LogP contribution < -0.4 is 4.74 Å². The van der Waals surface area contributed by atoms with Gasteiger partial charge in [-0.2, -0.15) is 0 Å². The van der Waals surface area contributed by atoms with Gasteiger partial charge < -0.3 is 19.4 Å². The van der Waals surface area contributed by atoms with E-state index in [4.69, 9.17) is 9.47 Å². The normalized spacial score (nSPS) is 23.9. The summed E-state index contributed by atoms with van der Waals surface area (Å²) in [5.41, 5.74) is 0. The SMILES string of the molecule is O=C([C@@H]1CCCO[C@H]1c1ncc[nH]1)N1CC(COc2ccccc2)C1. The van der Waals surface area contributed by atoms with Gasteiger partial charge in [-0.1, -0.05) is 18.2 Å². The summed E-state index contributed by atoms with van der Waals surface area (Å²) >= 11 is 0. The summed E-state index contributed by atoms with van der Waals surface area (Å²) in [6.45, 7) is 2.85. The van der Waals surface area contributed by atoms with Crippen LogP contribution in [0.4, 0.5) is 0 Å². The van der Waals surface area contributed by atoms with E-state index in [9.17, 15) is 4.79 Å². The van der Waals surface area contributed by atoms with Crippen molar-refractivity contribution in [2.45, 2.75) is 18.9 Å². The van der Waals surface area contributed by atoms with Crippen LogP contribution in [0.1, 0.15) is 24.8 Å². The highest BCUT2D eigenvalue weighted by atomic mass is 16.5. The van der Waals surface area contributed by atoms with Crippen molar-refractivity contribution >= 4 is 5.91 Å². The zero-order chi connectivity index (χ0) is 17.1. The number of aromatic amines is 1. The number of aromatic nitrogens is 2. The van der Waals surface area contributed by atoms with Crippen molar-refractivity contribution in [3.8, 4) is 5.75 Å². The second-order valence-electron chi connectivity index (χ2n) is 6.75. The van der Waals surface area contributed by atoms with E-state index in [-0.39, 0.29) is 17.9 Å². The average molecular weight is 341 g/mol. The highest BCUT2D eigenvalue weighted by Crippen LogP contribution is 2.34. The maximum absolute atomic E-state index is 12.9. The number of H-pyrrole nitrogens is 1. The van der Waals surface area contributed by atoms with Gasteiger partial charge in [0.15, 0.2) is 0 Å². The van der Waals surface area contributed by atoms with Crippen LogP contribution >= 0.6 is 0 Å². The number of carbonyl (C=O) groups is 1. The molecule has 0 saturated carbocycles. The molecule has 2 aliphatic rings. The molecule has 0 unspecified atom stereocenters. The monoisotopic (exact) mass is 341 g/mol. The average Bonchev–Trinajstić information content (AvgIpc) is 3.15. The van der Waals surface area contributed by atoms with Crippen LogP contribution in [-0.4, -0.2) is 47.1 Å². The van der Waals surface area contributed by atoms with Crippen LogP contribution in [0.2, 0.25) is 0 Å². The summed E-state index contributed by atoms with van der Waals surface area (Å²) < 4.78 is 11.6. The number of benzene rings is 1. The number of hydrogen-bond acceptors (Lipinski definition) is 4. The van der Waals surface area contributed by atoms with Crippen molar-refractivity contribution in [1.29, 1.82) is 0 Å². The molecule has 6 nitrogen and oxygen atoms in total. The molecule has 2 aromatic rings. The Balaban J connectivity index is 1.30. The van der Waals surface area contributed by atoms with Crippen molar-refractivity contribution < 1.29 is 14.3 Å². The van der Waals surface area contributed by atoms with Crippen molar-refractivity contribution in [1.82, 2.24) is 14.9 Å². The Morgan fingerprint density at radius 2 is 2.16 bits per heavy atom. The molecule has 2 fully saturated rings. The maximum atomic E-state index is 12.9. The topological polar surface area (TPSA) is 67.5 Å². The fourth-order valence-electron chi connectivity index (χ4n) is 3.56. The Kier molecular flexibility index (Phi) is 4.70. The predicted molar refractivity (Wildman–Crippen MR) is 92.0 cm³/mol. The third kappa shape index (κ3) is 3.54. The van der Waals surface area contributed by atoms with Crippen LogP contribution in [0.25, 0.3) is 0 Å². The lowest BCUT2D eigenvalue weighted by Gasteiger charge is -2.42. The summed E-state index contributed by atoms with van der Waals surface area (Å²) in [6.07, 6.45) is 4.99. The summed E-state index contributed by atoms with van der Waals surface area (Å²) in [4.78, 5) is 22.2. The molecule has 0 aliphatic carbocycles. The van der Waals surface area contributed by atoms with Gasteiger partial charge in [-0.25, -0.2) is 4.98 Å². The highest BCUT2D eigenvalue weighted by Gasteiger charge is 2.41. The molecule has 2 atom stereocenters. The first-order chi connectivity index (χ1) is 12.3. The Morgan fingerprint density at radius 3 is 2.92 bits per heavy atom. The van der Waals surface area contributed by atoms with Gasteiger partial charge in [-0.3, -0.25) is 4.79 Å². The van der Waals surface area contributed by atoms with Gasteiger partial charge >= 0.3 is 0 Å². The lowest BCUT2D eigenvalue weighted by molar-refractivity contribution is -0.153. The summed E-state index contributed by atoms with van der Waals surface area (Å²) in [6, 6.07) is 9.80. The lowest BCUT2D eigenvalue weighted by Crippen LogP contribution is -2.55. The van der Waals surface area contributed by atoms with E-state index >= 15 is 0 Å². The molecule has 25 heavy (non-hydrogen) atoms. The van der Waals surface area contributed by atoms with Crippen LogP contribution in [-0.2, 0) is 9.53 Å². The molecule has 0 spiro atoms. The number of nitrogens with zero attached hydrogens (tertiary/aromatic N) is 2. The fraction of sp³-hybridized carbons (Fsp3) is 0.474. The molecular weight excluding hydrogens is 318 g/mol. The predicted octanol–water partition coefficient (Wildman–Crippen LogP) is 2.41. The van der Waals surface area contributed by atoms with Gasteiger partial charge in [0.05, 0.1) is 12.5 Å². The summed E-state index contributed by atoms with van der Waals surface area (Å²) in [7, 11) is 0. The minimum Gasteiger partial charge on any atom is -0.493 e. The van der Waals surface area contributed by atoms with Crippen molar-refractivity contribution in [2.24, 2.45) is 11.8 Å². The number of ether oxygens (including phenoxy) is 2. The number of amides is 1. The van der Waals surface area contributed by atoms with Crippen molar-refractivity contribution in [3.05, 3.63) is 48.5 Å². The number of nitrogens with one attached hydrogen (secondary N) is 1. The van der Waals surface area contributed by atoms with Crippen molar-refractivity contribution in [3.63, 3.8) is 0 Å². The second kappa shape index (κ2) is 7.27. The van der Waals surface area contributed by atoms with E-state index in [1.165, 1.54) is 0 Å². The number of imidazole rings is 1. The number of carbonyl (C=O) groups excluding carboxylic acids is 1. The van der Waals surface area contributed by atoms with Crippen LogP contribution in [0.5, 0.6) is 5.75 Å². The van der Waals surface area contributed by atoms with Gasteiger partial charge in [0.1, 0.15) is 17.7 Å². The number of hydrogen-bond donors (Lipinski definition) is 1. The minimum absolute atomic E-state index is 0.143. The van der Waals surface area contributed by atoms with E-state index in [1.807, 2.05) is 35.2 Å². The van der Waals surface area contributed by atoms with Crippen molar-refractivity contribution in [2.75, 3.05) is 26.3 Å². The first-order valence-corrected chi connectivity index (χ1v) is 8.89. The first-order valence-electron chi connectivity index (χ1n) is 8.89. The standard InChI is InChI=1S/C19H23N3O3/c23-19(16-7-4-10-24-17(16)18-20-8-9-21-18)22-11-14(12-22)13-25-15-5-2-1-3-6-15/h1-3,5-6,8-9,14,16-17H,4,7,10-13H2,(H,20,21)/t16-,17-/m1/s1. The van der Waals surface area contributed by atoms with Crippen LogP contribution in [0.3, 0.4) is 0 Å². The molecule has 6 heteroatoms. The lowest BCUT2D eigenvalue weighted by atomic mass is 9.89. The Morgan fingerprint density at radius 1 is 1.32 bits per heavy atom. The third-order valence-corrected chi connectivity index (χ3v) is 4.93. The molecule has 1 aromatic carbocycles. The first kappa shape index (κ1) is 16.1. The number of para-hydroxylation sites is 1. The van der Waals surface area contributed by atoms with E-state index in [2.05, 4.69) is 9.97 Å². The Labute approximate surface area is 147 Å². The molecule has 1 aromatic heterocycles. The summed E-state index contributed by atoms with van der Waals surface area (Å²) in [5, 5.41) is 0. The van der Waals surface area contributed by atoms with E-state index < -0.39 is 0 Å². The molecular formula is C19H23N3O3. The molecule has 2 saturated heterocycles. The minimum atomic E-state index is -0.254. The van der Waals surface area contributed by atoms with Gasteiger partial charge in [0.2, 0.25) is 5.91 Å². The van der Waals surface area contributed by atoms with Gasteiger partial charge in [-0.05, 0) is 25.0 Å². The largest absolute Gasteiger partial charge is 0.493 e. The van der Waals surface area contributed by atoms with Crippen LogP contribution in [0, 0.1) is 11.8 Å². The second-order valence-corrected chi connectivity index (χ2v) is 6.75. The summed E-state index contributed by atoms with van der Waals surface area (Å²) in [5.74, 6) is 2.07. The Bertz CT molecular complexity index is 683.